The van der Waals surface area contributed by atoms with Crippen molar-refractivity contribution >= 4 is 13.9 Å². The van der Waals surface area contributed by atoms with Gasteiger partial charge in [-0.1, -0.05) is 31.8 Å². The number of carbonyl (C=O) groups is 1. The van der Waals surface area contributed by atoms with Crippen molar-refractivity contribution in [1.29, 1.82) is 0 Å². The lowest BCUT2D eigenvalue weighted by Gasteiger charge is -2.47. The monoisotopic (exact) mass is 310 g/mol. The van der Waals surface area contributed by atoms with Crippen LogP contribution in [0.5, 0.6) is 0 Å². The molecular formula is C16H26O4Si. The Bertz CT molecular complexity index is 434. The lowest BCUT2D eigenvalue weighted by Crippen LogP contribution is -2.56. The van der Waals surface area contributed by atoms with Crippen molar-refractivity contribution < 1.29 is 19.0 Å². The Morgan fingerprint density at radius 3 is 2.67 bits per heavy atom. The molecule has 1 spiro atoms. The van der Waals surface area contributed by atoms with Gasteiger partial charge in [-0.25, -0.2) is 0 Å². The van der Waals surface area contributed by atoms with Gasteiger partial charge in [0.15, 0.2) is 5.79 Å². The average Bonchev–Trinajstić information content (AvgIpc) is 2.85. The number of ketones is 1. The van der Waals surface area contributed by atoms with Crippen molar-refractivity contribution in [1.82, 2.24) is 0 Å². The van der Waals surface area contributed by atoms with E-state index in [1.165, 1.54) is 0 Å². The van der Waals surface area contributed by atoms with Gasteiger partial charge in [0, 0.05) is 32.9 Å². The Balaban J connectivity index is 1.62. The Morgan fingerprint density at radius 2 is 2.00 bits per heavy atom. The number of carbonyl (C=O) groups excluding carboxylic acids is 1. The van der Waals surface area contributed by atoms with E-state index in [2.05, 4.69) is 25.7 Å². The maximum Gasteiger partial charge on any atom is 0.176 e. The van der Waals surface area contributed by atoms with Crippen molar-refractivity contribution in [3.63, 3.8) is 0 Å². The lowest BCUT2D eigenvalue weighted by atomic mass is 9.65. The van der Waals surface area contributed by atoms with Crippen LogP contribution < -0.4 is 0 Å². The summed E-state index contributed by atoms with van der Waals surface area (Å²) >= 11 is 0. The highest BCUT2D eigenvalue weighted by atomic mass is 28.3. The van der Waals surface area contributed by atoms with E-state index in [0.29, 0.717) is 32.0 Å². The van der Waals surface area contributed by atoms with Crippen LogP contribution in [0.4, 0.5) is 0 Å². The first-order chi connectivity index (χ1) is 9.91. The third kappa shape index (κ3) is 3.02. The minimum atomic E-state index is -1.08. The number of hydrogen-bond acceptors (Lipinski definition) is 4. The molecule has 1 aliphatic heterocycles. The van der Waals surface area contributed by atoms with E-state index >= 15 is 0 Å². The Labute approximate surface area is 127 Å². The van der Waals surface area contributed by atoms with Crippen LogP contribution in [-0.4, -0.2) is 46.1 Å². The van der Waals surface area contributed by atoms with Crippen molar-refractivity contribution in [3.05, 3.63) is 12.2 Å². The maximum atomic E-state index is 12.5. The van der Waals surface area contributed by atoms with Gasteiger partial charge in [0.05, 0.1) is 25.7 Å². The fourth-order valence-electron chi connectivity index (χ4n) is 3.55. The fourth-order valence-corrected chi connectivity index (χ4v) is 4.31. The summed E-state index contributed by atoms with van der Waals surface area (Å²) in [5, 5.41) is 0. The molecule has 0 N–H and O–H groups in total. The molecule has 1 heterocycles. The van der Waals surface area contributed by atoms with Crippen LogP contribution in [0, 0.1) is 17.8 Å². The van der Waals surface area contributed by atoms with Gasteiger partial charge in [-0.2, -0.15) is 0 Å². The summed E-state index contributed by atoms with van der Waals surface area (Å²) in [5.74, 6) is -0.392. The third-order valence-corrected chi connectivity index (χ3v) is 6.50. The zero-order valence-corrected chi connectivity index (χ0v) is 14.3. The molecule has 2 fully saturated rings. The van der Waals surface area contributed by atoms with Crippen LogP contribution in [0.1, 0.15) is 6.42 Å². The summed E-state index contributed by atoms with van der Waals surface area (Å²) in [5.41, 5.74) is 0. The zero-order chi connectivity index (χ0) is 15.1. The largest absolute Gasteiger partial charge is 0.381 e. The van der Waals surface area contributed by atoms with Crippen molar-refractivity contribution in [2.75, 3.05) is 26.4 Å². The molecule has 0 aromatic rings. The molecule has 0 aromatic heterocycles. The number of allylic oxidation sites excluding steroid dienone is 1. The topological polar surface area (TPSA) is 44.8 Å². The van der Waals surface area contributed by atoms with Gasteiger partial charge in [-0.05, 0) is 6.04 Å². The van der Waals surface area contributed by atoms with Gasteiger partial charge < -0.3 is 14.2 Å². The first-order valence-corrected chi connectivity index (χ1v) is 11.7. The van der Waals surface area contributed by atoms with E-state index in [0.717, 1.165) is 12.7 Å². The van der Waals surface area contributed by atoms with Crippen LogP contribution in [0.3, 0.4) is 0 Å². The van der Waals surface area contributed by atoms with Gasteiger partial charge in [0.2, 0.25) is 0 Å². The predicted octanol–water partition coefficient (Wildman–Crippen LogP) is 2.48. The number of hydrogen-bond donors (Lipinski definition) is 0. The molecular weight excluding hydrogens is 284 g/mol. The Morgan fingerprint density at radius 1 is 1.29 bits per heavy atom. The van der Waals surface area contributed by atoms with Crippen molar-refractivity contribution in [2.45, 2.75) is 37.9 Å². The molecule has 4 nitrogen and oxygen atoms in total. The van der Waals surface area contributed by atoms with Crippen LogP contribution in [0.25, 0.3) is 0 Å². The standard InChI is InChI=1S/C16H26O4Si/c1-21(2,3)9-8-18-11-13-14-5-4-12(15(13)17)10-16(14)19-6-7-20-16/h4-5,12-14H,6-11H2,1-3H3. The molecule has 3 unspecified atom stereocenters. The summed E-state index contributed by atoms with van der Waals surface area (Å²) < 4.78 is 17.6. The first kappa shape index (κ1) is 15.4. The SMILES string of the molecule is C[Si](C)(C)CCOCC1C(=O)C2C=CC1C1(C2)OCCO1. The molecule has 2 bridgehead atoms. The quantitative estimate of drug-likeness (QED) is 0.444. The second-order valence-corrected chi connectivity index (χ2v) is 13.2. The van der Waals surface area contributed by atoms with E-state index in [9.17, 15) is 4.79 Å². The van der Waals surface area contributed by atoms with E-state index in [-0.39, 0.29) is 17.8 Å². The predicted molar refractivity (Wildman–Crippen MR) is 82.8 cm³/mol. The van der Waals surface area contributed by atoms with E-state index in [1.807, 2.05) is 6.08 Å². The van der Waals surface area contributed by atoms with Crippen molar-refractivity contribution in [2.24, 2.45) is 17.8 Å². The molecule has 1 saturated heterocycles. The molecule has 0 aromatic carbocycles. The molecule has 118 valence electrons. The van der Waals surface area contributed by atoms with Gasteiger partial charge >= 0.3 is 0 Å². The van der Waals surface area contributed by atoms with Gasteiger partial charge in [-0.15, -0.1) is 0 Å². The number of Topliss-reactive ketones (excluding diaryl/α,β-unsaturated/α-hetero) is 1. The lowest BCUT2D eigenvalue weighted by molar-refractivity contribution is -0.225. The highest BCUT2D eigenvalue weighted by molar-refractivity contribution is 6.76. The van der Waals surface area contributed by atoms with Crippen LogP contribution in [0.15, 0.2) is 12.2 Å². The van der Waals surface area contributed by atoms with Gasteiger partial charge in [0.1, 0.15) is 5.78 Å². The van der Waals surface area contributed by atoms with Crippen LogP contribution in [0.2, 0.25) is 25.7 Å². The number of ether oxygens (including phenoxy) is 3. The van der Waals surface area contributed by atoms with Crippen LogP contribution in [-0.2, 0) is 19.0 Å². The second-order valence-electron chi connectivity index (χ2n) is 7.62. The smallest absolute Gasteiger partial charge is 0.176 e. The minimum Gasteiger partial charge on any atom is -0.381 e. The Hall–Kier alpha value is -0.493. The van der Waals surface area contributed by atoms with E-state index in [4.69, 9.17) is 14.2 Å². The highest BCUT2D eigenvalue weighted by Gasteiger charge is 2.57. The molecule has 3 atom stereocenters. The molecule has 3 aliphatic carbocycles. The first-order valence-electron chi connectivity index (χ1n) is 7.99. The van der Waals surface area contributed by atoms with E-state index < -0.39 is 13.9 Å². The molecule has 4 aliphatic rings. The number of rotatable bonds is 5. The molecule has 0 amide bonds. The second kappa shape index (κ2) is 5.61. The average molecular weight is 310 g/mol. The number of fused-ring (bicyclic) bond motifs is 1. The summed E-state index contributed by atoms with van der Waals surface area (Å²) in [6, 6.07) is 1.13. The van der Waals surface area contributed by atoms with Gasteiger partial charge in [0.25, 0.3) is 0 Å². The van der Waals surface area contributed by atoms with Crippen LogP contribution >= 0.6 is 0 Å². The Kier molecular flexibility index (Phi) is 4.12. The summed E-state index contributed by atoms with van der Waals surface area (Å²) in [6.45, 7) is 9.54. The summed E-state index contributed by atoms with van der Waals surface area (Å²) in [6.07, 6.45) is 4.83. The normalized spacial score (nSPS) is 34.0. The fraction of sp³-hybridized carbons (Fsp3) is 0.812. The maximum absolute atomic E-state index is 12.5. The minimum absolute atomic E-state index is 0.0179. The molecule has 1 saturated carbocycles. The highest BCUT2D eigenvalue weighted by Crippen LogP contribution is 2.49. The molecule has 4 rings (SSSR count). The van der Waals surface area contributed by atoms with Gasteiger partial charge in [-0.3, -0.25) is 4.79 Å². The molecule has 5 heteroatoms. The van der Waals surface area contributed by atoms with E-state index in [1.54, 1.807) is 0 Å². The van der Waals surface area contributed by atoms with Crippen molar-refractivity contribution in [3.8, 4) is 0 Å². The third-order valence-electron chi connectivity index (χ3n) is 4.80. The zero-order valence-electron chi connectivity index (χ0n) is 13.3. The molecule has 0 radical (unpaired) electrons. The molecule has 21 heavy (non-hydrogen) atoms. The summed E-state index contributed by atoms with van der Waals surface area (Å²) in [4.78, 5) is 12.5. The summed E-state index contributed by atoms with van der Waals surface area (Å²) in [7, 11) is -1.08.